The maximum Gasteiger partial charge on any atom is 0.271 e. The fourth-order valence-corrected chi connectivity index (χ4v) is 2.02. The van der Waals surface area contributed by atoms with Gasteiger partial charge in [0.05, 0.1) is 20.7 Å². The number of nitrogens with zero attached hydrogens (tertiary/aromatic N) is 1. The molecule has 0 amide bonds. The Kier molecular flexibility index (Phi) is 4.42. The summed E-state index contributed by atoms with van der Waals surface area (Å²) >= 11 is 11.9. The van der Waals surface area contributed by atoms with E-state index in [0.717, 1.165) is 18.2 Å². The zero-order valence-corrected chi connectivity index (χ0v) is 11.6. The van der Waals surface area contributed by atoms with Gasteiger partial charge in [-0.15, -0.1) is 0 Å². The second kappa shape index (κ2) is 6.07. The number of nitrogens with one attached hydrogen (secondary N) is 1. The van der Waals surface area contributed by atoms with Crippen molar-refractivity contribution < 1.29 is 9.31 Å². The molecule has 2 aromatic carbocycles. The van der Waals surface area contributed by atoms with Gasteiger partial charge >= 0.3 is 0 Å². The standard InChI is InChI=1S/C13H9Cl2FN2O2/c14-10-3-1-2-8(13(10)15)7-17-12-6-9(18(19)20)4-5-11(12)16/h1-6,17H,7H2. The van der Waals surface area contributed by atoms with Gasteiger partial charge in [0.25, 0.3) is 5.69 Å². The van der Waals surface area contributed by atoms with Crippen LogP contribution in [0.3, 0.4) is 0 Å². The van der Waals surface area contributed by atoms with E-state index in [1.165, 1.54) is 0 Å². The monoisotopic (exact) mass is 314 g/mol. The number of anilines is 1. The van der Waals surface area contributed by atoms with Crippen LogP contribution in [0.25, 0.3) is 0 Å². The molecule has 104 valence electrons. The zero-order valence-electron chi connectivity index (χ0n) is 10.1. The molecule has 1 N–H and O–H groups in total. The minimum absolute atomic E-state index is 0.0373. The SMILES string of the molecule is O=[N+]([O-])c1ccc(F)c(NCc2cccc(Cl)c2Cl)c1. The molecule has 0 aliphatic carbocycles. The topological polar surface area (TPSA) is 55.2 Å². The van der Waals surface area contributed by atoms with Gasteiger partial charge in [-0.1, -0.05) is 35.3 Å². The lowest BCUT2D eigenvalue weighted by molar-refractivity contribution is -0.384. The van der Waals surface area contributed by atoms with Crippen molar-refractivity contribution in [2.75, 3.05) is 5.32 Å². The smallest absolute Gasteiger partial charge is 0.271 e. The second-order valence-corrected chi connectivity index (χ2v) is 4.77. The Morgan fingerprint density at radius 1 is 1.25 bits per heavy atom. The first kappa shape index (κ1) is 14.6. The van der Waals surface area contributed by atoms with Crippen LogP contribution in [-0.4, -0.2) is 4.92 Å². The van der Waals surface area contributed by atoms with Crippen LogP contribution in [0.15, 0.2) is 36.4 Å². The van der Waals surface area contributed by atoms with E-state index >= 15 is 0 Å². The summed E-state index contributed by atoms with van der Waals surface area (Å²) in [6.45, 7) is 0.206. The quantitative estimate of drug-likeness (QED) is 0.660. The van der Waals surface area contributed by atoms with Crippen molar-refractivity contribution >= 4 is 34.6 Å². The molecule has 0 heterocycles. The molecule has 0 unspecified atom stereocenters. The molecule has 2 rings (SSSR count). The van der Waals surface area contributed by atoms with Crippen molar-refractivity contribution in [3.05, 3.63) is 67.9 Å². The van der Waals surface area contributed by atoms with Crippen molar-refractivity contribution in [3.8, 4) is 0 Å². The molecule has 2 aromatic rings. The first-order chi connectivity index (χ1) is 9.49. The van der Waals surface area contributed by atoms with Gasteiger partial charge in [0.2, 0.25) is 0 Å². The molecule has 0 saturated heterocycles. The highest BCUT2D eigenvalue weighted by atomic mass is 35.5. The van der Waals surface area contributed by atoms with Crippen molar-refractivity contribution in [2.45, 2.75) is 6.54 Å². The molecule has 4 nitrogen and oxygen atoms in total. The van der Waals surface area contributed by atoms with E-state index in [0.29, 0.717) is 15.6 Å². The van der Waals surface area contributed by atoms with Crippen LogP contribution in [0, 0.1) is 15.9 Å². The molecule has 0 bridgehead atoms. The van der Waals surface area contributed by atoms with Gasteiger partial charge in [-0.05, 0) is 17.7 Å². The third-order valence-electron chi connectivity index (χ3n) is 2.66. The fraction of sp³-hybridized carbons (Fsp3) is 0.0769. The molecule has 0 fully saturated rings. The molecule has 0 aliphatic rings. The van der Waals surface area contributed by atoms with E-state index in [1.807, 2.05) is 0 Å². The number of halogens is 3. The van der Waals surface area contributed by atoms with Crippen LogP contribution in [0.2, 0.25) is 10.0 Å². The van der Waals surface area contributed by atoms with Crippen molar-refractivity contribution in [3.63, 3.8) is 0 Å². The Bertz CT molecular complexity index is 665. The lowest BCUT2D eigenvalue weighted by Gasteiger charge is -2.09. The maximum atomic E-state index is 13.6. The molecule has 0 spiro atoms. The van der Waals surface area contributed by atoms with Crippen molar-refractivity contribution in [1.82, 2.24) is 0 Å². The maximum absolute atomic E-state index is 13.6. The van der Waals surface area contributed by atoms with E-state index in [1.54, 1.807) is 18.2 Å². The summed E-state index contributed by atoms with van der Waals surface area (Å²) in [5, 5.41) is 14.2. The van der Waals surface area contributed by atoms with Crippen LogP contribution < -0.4 is 5.32 Å². The third kappa shape index (κ3) is 3.18. The zero-order chi connectivity index (χ0) is 14.7. The molecule has 0 aromatic heterocycles. The van der Waals surface area contributed by atoms with Gasteiger partial charge in [0.1, 0.15) is 5.82 Å². The molecule has 0 aliphatic heterocycles. The molecule has 0 radical (unpaired) electrons. The predicted molar refractivity (Wildman–Crippen MR) is 76.8 cm³/mol. The first-order valence-corrected chi connectivity index (χ1v) is 6.35. The number of rotatable bonds is 4. The average molecular weight is 315 g/mol. The summed E-state index contributed by atoms with van der Waals surface area (Å²) in [7, 11) is 0. The summed E-state index contributed by atoms with van der Waals surface area (Å²) in [6.07, 6.45) is 0. The normalized spacial score (nSPS) is 10.3. The summed E-state index contributed by atoms with van der Waals surface area (Å²) in [5.74, 6) is -0.575. The van der Waals surface area contributed by atoms with E-state index < -0.39 is 10.7 Å². The third-order valence-corrected chi connectivity index (χ3v) is 3.52. The van der Waals surface area contributed by atoms with Crippen molar-refractivity contribution in [2.24, 2.45) is 0 Å². The number of non-ortho nitro benzene ring substituents is 1. The highest BCUT2D eigenvalue weighted by Gasteiger charge is 2.11. The number of hydrogen-bond donors (Lipinski definition) is 1. The van der Waals surface area contributed by atoms with Crippen LogP contribution in [0.1, 0.15) is 5.56 Å². The number of hydrogen-bond acceptors (Lipinski definition) is 3. The lowest BCUT2D eigenvalue weighted by Crippen LogP contribution is -2.03. The highest BCUT2D eigenvalue weighted by Crippen LogP contribution is 2.27. The Morgan fingerprint density at radius 3 is 2.70 bits per heavy atom. The average Bonchev–Trinajstić information content (AvgIpc) is 2.41. The summed E-state index contributed by atoms with van der Waals surface area (Å²) in [4.78, 5) is 10.1. The molecule has 7 heteroatoms. The number of nitro groups is 1. The van der Waals surface area contributed by atoms with Gasteiger partial charge in [-0.25, -0.2) is 4.39 Å². The van der Waals surface area contributed by atoms with E-state index in [-0.39, 0.29) is 17.9 Å². The Labute approximate surface area is 124 Å². The Morgan fingerprint density at radius 2 is 2.00 bits per heavy atom. The summed E-state index contributed by atoms with van der Waals surface area (Å²) in [5.41, 5.74) is 0.520. The lowest BCUT2D eigenvalue weighted by atomic mass is 10.2. The minimum atomic E-state index is -0.586. The van der Waals surface area contributed by atoms with Crippen LogP contribution >= 0.6 is 23.2 Å². The molecular formula is C13H9Cl2FN2O2. The number of nitro benzene ring substituents is 1. The molecule has 0 atom stereocenters. The fourth-order valence-electron chi connectivity index (χ4n) is 1.64. The second-order valence-electron chi connectivity index (χ2n) is 3.99. The Hall–Kier alpha value is -1.85. The predicted octanol–water partition coefficient (Wildman–Crippen LogP) is 4.65. The van der Waals surface area contributed by atoms with Gasteiger partial charge in [0.15, 0.2) is 0 Å². The van der Waals surface area contributed by atoms with Crippen molar-refractivity contribution in [1.29, 1.82) is 0 Å². The van der Waals surface area contributed by atoms with Gasteiger partial charge in [-0.2, -0.15) is 0 Å². The van der Waals surface area contributed by atoms with Crippen LogP contribution in [0.5, 0.6) is 0 Å². The Balaban J connectivity index is 2.20. The van der Waals surface area contributed by atoms with Gasteiger partial charge in [-0.3, -0.25) is 10.1 Å². The highest BCUT2D eigenvalue weighted by molar-refractivity contribution is 6.42. The molecule has 20 heavy (non-hydrogen) atoms. The van der Waals surface area contributed by atoms with Crippen LogP contribution in [0.4, 0.5) is 15.8 Å². The molecular weight excluding hydrogens is 306 g/mol. The minimum Gasteiger partial charge on any atom is -0.378 e. The first-order valence-electron chi connectivity index (χ1n) is 5.59. The summed E-state index contributed by atoms with van der Waals surface area (Å²) < 4.78 is 13.6. The van der Waals surface area contributed by atoms with Crippen LogP contribution in [-0.2, 0) is 6.54 Å². The van der Waals surface area contributed by atoms with Gasteiger partial charge < -0.3 is 5.32 Å². The molecule has 0 saturated carbocycles. The summed E-state index contributed by atoms with van der Waals surface area (Å²) in [6, 6.07) is 8.37. The van der Waals surface area contributed by atoms with E-state index in [9.17, 15) is 14.5 Å². The number of benzene rings is 2. The largest absolute Gasteiger partial charge is 0.378 e. The van der Waals surface area contributed by atoms with E-state index in [2.05, 4.69) is 5.32 Å². The van der Waals surface area contributed by atoms with Gasteiger partial charge in [0, 0.05) is 18.7 Å². The van der Waals surface area contributed by atoms with E-state index in [4.69, 9.17) is 23.2 Å².